The molecule has 5 nitrogen and oxygen atoms in total. The van der Waals surface area contributed by atoms with Crippen LogP contribution in [0.1, 0.15) is 29.8 Å². The Kier molecular flexibility index (Phi) is 6.65. The van der Waals surface area contributed by atoms with Crippen LogP contribution in [0.3, 0.4) is 0 Å². The summed E-state index contributed by atoms with van der Waals surface area (Å²) < 4.78 is 0. The lowest BCUT2D eigenvalue weighted by Crippen LogP contribution is -2.29. The number of carboxylic acids is 1. The molecule has 0 radical (unpaired) electrons. The summed E-state index contributed by atoms with van der Waals surface area (Å²) in [6.45, 7) is 5.54. The minimum atomic E-state index is -0.998. The Morgan fingerprint density at radius 2 is 1.68 bits per heavy atom. The number of hydrogen-bond donors (Lipinski definition) is 2. The number of para-hydroxylation sites is 1. The zero-order valence-electron chi connectivity index (χ0n) is 14.3. The monoisotopic (exact) mass is 355 g/mol. The van der Waals surface area contributed by atoms with Crippen LogP contribution in [0.15, 0.2) is 59.6 Å². The fraction of sp³-hybridized carbons (Fsp3) is 0.211. The number of amidine groups is 1. The second-order valence-electron chi connectivity index (χ2n) is 5.26. The number of benzene rings is 2. The van der Waals surface area contributed by atoms with Crippen LogP contribution in [-0.4, -0.2) is 40.0 Å². The molecule has 0 saturated heterocycles. The summed E-state index contributed by atoms with van der Waals surface area (Å²) in [5, 5.41) is 13.0. The molecule has 0 aliphatic rings. The second kappa shape index (κ2) is 8.94. The molecular weight excluding hydrogens is 334 g/mol. The molecule has 0 atom stereocenters. The van der Waals surface area contributed by atoms with Gasteiger partial charge in [-0.15, -0.1) is 0 Å². The highest BCUT2D eigenvalue weighted by molar-refractivity contribution is 7.80. The van der Waals surface area contributed by atoms with Crippen molar-refractivity contribution < 1.29 is 9.90 Å². The number of thiocarbonyl (C=S) groups is 1. The van der Waals surface area contributed by atoms with Gasteiger partial charge in [-0.25, -0.2) is 9.79 Å². The maximum absolute atomic E-state index is 11.4. The standard InChI is InChI=1S/C19H21N3O2S/c1-3-22(4-2)19(25)21-17(14-10-6-5-7-11-14)20-16-13-9-8-12-15(16)18(23)24/h5-13H,3-4H2,1-2H3,(H,23,24)(H,20,21,25). The van der Waals surface area contributed by atoms with Gasteiger partial charge in [0.25, 0.3) is 0 Å². The van der Waals surface area contributed by atoms with Crippen LogP contribution in [0.5, 0.6) is 0 Å². The summed E-state index contributed by atoms with van der Waals surface area (Å²) in [6, 6.07) is 16.2. The predicted octanol–water partition coefficient (Wildman–Crippen LogP) is 3.87. The first-order valence-corrected chi connectivity index (χ1v) is 8.50. The molecule has 25 heavy (non-hydrogen) atoms. The maximum atomic E-state index is 11.4. The summed E-state index contributed by atoms with van der Waals surface area (Å²) >= 11 is 5.43. The molecule has 2 rings (SSSR count). The molecule has 0 heterocycles. The van der Waals surface area contributed by atoms with Gasteiger partial charge in [0.15, 0.2) is 5.11 Å². The number of aromatic carboxylic acids is 1. The van der Waals surface area contributed by atoms with Gasteiger partial charge in [0, 0.05) is 18.7 Å². The molecule has 0 unspecified atom stereocenters. The fourth-order valence-corrected chi connectivity index (χ4v) is 2.68. The van der Waals surface area contributed by atoms with Crippen molar-refractivity contribution in [1.82, 2.24) is 4.90 Å². The first kappa shape index (κ1) is 18.6. The van der Waals surface area contributed by atoms with E-state index in [1.165, 1.54) is 0 Å². The largest absolute Gasteiger partial charge is 0.478 e. The average Bonchev–Trinajstić information content (AvgIpc) is 2.63. The average molecular weight is 355 g/mol. The lowest BCUT2D eigenvalue weighted by Gasteiger charge is -2.20. The molecule has 0 spiro atoms. The van der Waals surface area contributed by atoms with Crippen molar-refractivity contribution in [3.8, 4) is 0 Å². The Bertz CT molecular complexity index is 771. The third kappa shape index (κ3) is 4.87. The van der Waals surface area contributed by atoms with Gasteiger partial charge in [0.05, 0.1) is 11.3 Å². The van der Waals surface area contributed by atoms with Crippen molar-refractivity contribution in [3.05, 3.63) is 65.7 Å². The van der Waals surface area contributed by atoms with E-state index < -0.39 is 5.97 Å². The van der Waals surface area contributed by atoms with E-state index in [-0.39, 0.29) is 5.56 Å². The molecule has 2 aromatic rings. The minimum Gasteiger partial charge on any atom is -0.478 e. The Labute approximate surface area is 153 Å². The molecule has 2 N–H and O–H groups in total. The van der Waals surface area contributed by atoms with Crippen LogP contribution in [0.4, 0.5) is 5.69 Å². The quantitative estimate of drug-likeness (QED) is 0.484. The molecule has 130 valence electrons. The Hall–Kier alpha value is -2.73. The Morgan fingerprint density at radius 1 is 1.08 bits per heavy atom. The van der Waals surface area contributed by atoms with Crippen molar-refractivity contribution >= 4 is 34.8 Å². The highest BCUT2D eigenvalue weighted by atomic mass is 32.1. The highest BCUT2D eigenvalue weighted by Gasteiger charge is 2.13. The number of rotatable bonds is 5. The molecule has 0 amide bonds. The summed E-state index contributed by atoms with van der Waals surface area (Å²) in [7, 11) is 0. The van der Waals surface area contributed by atoms with Gasteiger partial charge in [0.1, 0.15) is 5.84 Å². The van der Waals surface area contributed by atoms with Crippen LogP contribution in [0.2, 0.25) is 0 Å². The molecule has 0 aromatic heterocycles. The Morgan fingerprint density at radius 3 is 2.28 bits per heavy atom. The van der Waals surface area contributed by atoms with Crippen molar-refractivity contribution in [2.24, 2.45) is 4.99 Å². The smallest absolute Gasteiger partial charge is 0.337 e. The summed E-state index contributed by atoms with van der Waals surface area (Å²) in [5.74, 6) is -0.479. The molecule has 0 aliphatic heterocycles. The van der Waals surface area contributed by atoms with E-state index in [4.69, 9.17) is 12.2 Å². The number of anilines is 1. The Balaban J connectivity index is 2.43. The van der Waals surface area contributed by atoms with E-state index in [1.807, 2.05) is 49.1 Å². The van der Waals surface area contributed by atoms with E-state index in [2.05, 4.69) is 10.3 Å². The number of nitrogens with zero attached hydrogens (tertiary/aromatic N) is 2. The highest BCUT2D eigenvalue weighted by Crippen LogP contribution is 2.17. The van der Waals surface area contributed by atoms with E-state index in [0.717, 1.165) is 18.7 Å². The maximum Gasteiger partial charge on any atom is 0.337 e. The summed E-state index contributed by atoms with van der Waals surface area (Å²) in [5.41, 5.74) is 1.48. The first-order chi connectivity index (χ1) is 12.1. The van der Waals surface area contributed by atoms with Gasteiger partial charge < -0.3 is 15.3 Å². The van der Waals surface area contributed by atoms with Crippen LogP contribution >= 0.6 is 12.2 Å². The zero-order valence-corrected chi connectivity index (χ0v) is 15.1. The molecule has 0 fully saturated rings. The van der Waals surface area contributed by atoms with Gasteiger partial charge in [0.2, 0.25) is 0 Å². The molecular formula is C19H21N3O2S. The van der Waals surface area contributed by atoms with Crippen molar-refractivity contribution in [2.75, 3.05) is 18.4 Å². The lowest BCUT2D eigenvalue weighted by atomic mass is 10.1. The van der Waals surface area contributed by atoms with Gasteiger partial charge in [-0.2, -0.15) is 0 Å². The number of carboxylic acid groups (broad SMARTS) is 1. The molecule has 0 aliphatic carbocycles. The van der Waals surface area contributed by atoms with E-state index in [0.29, 0.717) is 16.6 Å². The SMILES string of the molecule is CCN(CC)C(=S)/N=C(\Nc1ccccc1C(=O)O)c1ccccc1. The van der Waals surface area contributed by atoms with Crippen molar-refractivity contribution in [1.29, 1.82) is 0 Å². The minimum absolute atomic E-state index is 0.180. The van der Waals surface area contributed by atoms with E-state index in [9.17, 15) is 9.90 Å². The molecule has 0 saturated carbocycles. The van der Waals surface area contributed by atoms with E-state index in [1.54, 1.807) is 24.3 Å². The van der Waals surface area contributed by atoms with Crippen molar-refractivity contribution in [3.63, 3.8) is 0 Å². The summed E-state index contributed by atoms with van der Waals surface area (Å²) in [4.78, 5) is 18.0. The molecule has 6 heteroatoms. The normalized spacial score (nSPS) is 11.0. The van der Waals surface area contributed by atoms with Crippen LogP contribution in [0, 0.1) is 0 Å². The van der Waals surface area contributed by atoms with Crippen LogP contribution < -0.4 is 5.32 Å². The zero-order chi connectivity index (χ0) is 18.2. The number of hydrogen-bond acceptors (Lipinski definition) is 2. The topological polar surface area (TPSA) is 64.9 Å². The van der Waals surface area contributed by atoms with Crippen LogP contribution in [-0.2, 0) is 0 Å². The third-order valence-electron chi connectivity index (χ3n) is 3.70. The van der Waals surface area contributed by atoms with Crippen molar-refractivity contribution in [2.45, 2.75) is 13.8 Å². The summed E-state index contributed by atoms with van der Waals surface area (Å²) in [6.07, 6.45) is 0. The molecule has 2 aromatic carbocycles. The van der Waals surface area contributed by atoms with Crippen LogP contribution in [0.25, 0.3) is 0 Å². The lowest BCUT2D eigenvalue weighted by molar-refractivity contribution is 0.0698. The van der Waals surface area contributed by atoms with Gasteiger partial charge in [-0.1, -0.05) is 42.5 Å². The van der Waals surface area contributed by atoms with Gasteiger partial charge in [-0.05, 0) is 38.2 Å². The first-order valence-electron chi connectivity index (χ1n) is 8.09. The second-order valence-corrected chi connectivity index (χ2v) is 5.62. The van der Waals surface area contributed by atoms with Gasteiger partial charge in [-0.3, -0.25) is 0 Å². The molecule has 0 bridgehead atoms. The number of aliphatic imine (C=N–C) groups is 1. The number of carbonyl (C=O) groups is 1. The predicted molar refractivity (Wildman–Crippen MR) is 106 cm³/mol. The van der Waals surface area contributed by atoms with Gasteiger partial charge >= 0.3 is 5.97 Å². The third-order valence-corrected chi connectivity index (χ3v) is 4.05. The fourth-order valence-electron chi connectivity index (χ4n) is 2.33. The van der Waals surface area contributed by atoms with E-state index >= 15 is 0 Å². The number of nitrogens with one attached hydrogen (secondary N) is 1.